The maximum Gasteiger partial charge on any atom is 0.267 e. The van der Waals surface area contributed by atoms with Crippen LogP contribution in [0.25, 0.3) is 0 Å². The van der Waals surface area contributed by atoms with Crippen molar-refractivity contribution in [1.82, 2.24) is 5.32 Å². The minimum atomic E-state index is -3.02. The highest BCUT2D eigenvalue weighted by atomic mass is 19.3. The van der Waals surface area contributed by atoms with Gasteiger partial charge in [-0.15, -0.1) is 0 Å². The van der Waals surface area contributed by atoms with Crippen molar-refractivity contribution in [3.63, 3.8) is 0 Å². The number of alkyl halides is 2. The molecule has 0 saturated carbocycles. The first-order valence-electron chi connectivity index (χ1n) is 6.08. The summed E-state index contributed by atoms with van der Waals surface area (Å²) < 4.78 is 26.5. The molecule has 1 amide bonds. The van der Waals surface area contributed by atoms with Crippen LogP contribution in [0.2, 0.25) is 0 Å². The maximum absolute atomic E-state index is 13.2. The normalized spacial score (nSPS) is 11.6. The lowest BCUT2D eigenvalue weighted by atomic mass is 9.97. The molecule has 0 unspecified atom stereocenters. The van der Waals surface area contributed by atoms with Crippen molar-refractivity contribution in [2.24, 2.45) is 0 Å². The topological polar surface area (TPSA) is 64.9 Å². The van der Waals surface area contributed by atoms with Gasteiger partial charge in [-0.3, -0.25) is 4.79 Å². The summed E-state index contributed by atoms with van der Waals surface area (Å²) in [6.07, 6.45) is 0. The van der Waals surface area contributed by atoms with Crippen LogP contribution in [-0.2, 0) is 4.79 Å². The Kier molecular flexibility index (Phi) is 4.66. The zero-order chi connectivity index (χ0) is 15.4. The number of halogens is 2. The molecule has 0 heterocycles. The molecule has 108 valence electrons. The summed E-state index contributed by atoms with van der Waals surface area (Å²) in [7, 11) is 0. The lowest BCUT2D eigenvalue weighted by Gasteiger charge is -2.32. The molecule has 0 saturated heterocycles. The quantitative estimate of drug-likeness (QED) is 0.871. The van der Waals surface area contributed by atoms with Gasteiger partial charge in [0.25, 0.3) is 5.92 Å². The minimum absolute atomic E-state index is 0.120. The third kappa shape index (κ3) is 4.19. The van der Waals surface area contributed by atoms with Crippen LogP contribution in [0, 0.1) is 11.3 Å². The van der Waals surface area contributed by atoms with Crippen LogP contribution in [0.3, 0.4) is 0 Å². The maximum atomic E-state index is 13.2. The van der Waals surface area contributed by atoms with Crippen LogP contribution in [0.1, 0.15) is 26.3 Å². The number of anilines is 1. The van der Waals surface area contributed by atoms with Crippen molar-refractivity contribution in [2.75, 3.05) is 11.9 Å². The molecule has 0 radical (unpaired) electrons. The number of nitrogens with one attached hydrogen (secondary N) is 2. The molecule has 20 heavy (non-hydrogen) atoms. The first-order valence-corrected chi connectivity index (χ1v) is 6.08. The van der Waals surface area contributed by atoms with Crippen molar-refractivity contribution >= 4 is 11.6 Å². The van der Waals surface area contributed by atoms with Crippen molar-refractivity contribution in [1.29, 1.82) is 5.26 Å². The third-order valence-electron chi connectivity index (χ3n) is 3.02. The zero-order valence-corrected chi connectivity index (χ0v) is 11.6. The number of nitriles is 1. The predicted octanol–water partition coefficient (Wildman–Crippen LogP) is 2.52. The van der Waals surface area contributed by atoms with Gasteiger partial charge < -0.3 is 10.6 Å². The number of carbonyl (C=O) groups is 1. The van der Waals surface area contributed by atoms with E-state index in [-0.39, 0.29) is 6.54 Å². The smallest absolute Gasteiger partial charge is 0.267 e. The van der Waals surface area contributed by atoms with E-state index in [1.54, 1.807) is 24.3 Å². The molecular formula is C14H17F2N3O. The number of amides is 1. The van der Waals surface area contributed by atoms with Gasteiger partial charge in [0.1, 0.15) is 0 Å². The highest BCUT2D eigenvalue weighted by Crippen LogP contribution is 2.27. The summed E-state index contributed by atoms with van der Waals surface area (Å²) in [5, 5.41) is 13.7. The molecular weight excluding hydrogens is 264 g/mol. The molecule has 4 nitrogen and oxygen atoms in total. The number of hydrogen-bond donors (Lipinski definition) is 2. The Bertz CT molecular complexity index is 513. The number of benzene rings is 1. The minimum Gasteiger partial charge on any atom is -0.376 e. The highest BCUT2D eigenvalue weighted by Gasteiger charge is 2.42. The number of nitrogens with zero attached hydrogens (tertiary/aromatic N) is 1. The van der Waals surface area contributed by atoms with Crippen LogP contribution in [0.5, 0.6) is 0 Å². The van der Waals surface area contributed by atoms with E-state index in [0.717, 1.165) is 6.92 Å². The Labute approximate surface area is 116 Å². The molecule has 2 N–H and O–H groups in total. The van der Waals surface area contributed by atoms with E-state index in [1.807, 2.05) is 6.07 Å². The van der Waals surface area contributed by atoms with Crippen molar-refractivity contribution in [3.05, 3.63) is 29.8 Å². The van der Waals surface area contributed by atoms with E-state index < -0.39 is 17.4 Å². The molecule has 1 aromatic carbocycles. The highest BCUT2D eigenvalue weighted by molar-refractivity contribution is 5.81. The van der Waals surface area contributed by atoms with Crippen molar-refractivity contribution in [2.45, 2.75) is 32.2 Å². The van der Waals surface area contributed by atoms with Gasteiger partial charge in [0, 0.05) is 12.6 Å². The molecule has 0 spiro atoms. The summed E-state index contributed by atoms with van der Waals surface area (Å²) in [4.78, 5) is 11.6. The van der Waals surface area contributed by atoms with Gasteiger partial charge in [-0.05, 0) is 38.1 Å². The van der Waals surface area contributed by atoms with Gasteiger partial charge in [0.2, 0.25) is 5.91 Å². The zero-order valence-electron chi connectivity index (χ0n) is 11.6. The van der Waals surface area contributed by atoms with E-state index >= 15 is 0 Å². The average molecular weight is 281 g/mol. The molecule has 0 aliphatic carbocycles. The number of rotatable bonds is 5. The fourth-order valence-electron chi connectivity index (χ4n) is 1.35. The van der Waals surface area contributed by atoms with E-state index in [0.29, 0.717) is 11.3 Å². The molecule has 0 aliphatic rings. The second-order valence-electron chi connectivity index (χ2n) is 5.10. The van der Waals surface area contributed by atoms with Crippen molar-refractivity contribution in [3.8, 4) is 6.07 Å². The average Bonchev–Trinajstić information content (AvgIpc) is 2.35. The van der Waals surface area contributed by atoms with Crippen molar-refractivity contribution < 1.29 is 13.6 Å². The standard InChI is InChI=1S/C14H17F2N3O/c1-13(2,14(3,15)16)19-12(20)9-18-11-6-4-10(8-17)5-7-11/h4-7,18H,9H2,1-3H3,(H,19,20). The fourth-order valence-corrected chi connectivity index (χ4v) is 1.35. The molecule has 0 aromatic heterocycles. The monoisotopic (exact) mass is 281 g/mol. The predicted molar refractivity (Wildman–Crippen MR) is 72.5 cm³/mol. The van der Waals surface area contributed by atoms with Gasteiger partial charge in [-0.2, -0.15) is 5.26 Å². The Morgan fingerprint density at radius 3 is 2.25 bits per heavy atom. The summed E-state index contributed by atoms with van der Waals surface area (Å²) in [6.45, 7) is 3.19. The van der Waals surface area contributed by atoms with Crippen LogP contribution < -0.4 is 10.6 Å². The van der Waals surface area contributed by atoms with Crippen LogP contribution in [0.15, 0.2) is 24.3 Å². The second kappa shape index (κ2) is 5.87. The van der Waals surface area contributed by atoms with E-state index in [9.17, 15) is 13.6 Å². The Hall–Kier alpha value is -2.16. The largest absolute Gasteiger partial charge is 0.376 e. The van der Waals surface area contributed by atoms with Crippen LogP contribution >= 0.6 is 0 Å². The Morgan fingerprint density at radius 1 is 1.25 bits per heavy atom. The molecule has 0 atom stereocenters. The number of hydrogen-bond acceptors (Lipinski definition) is 3. The molecule has 6 heteroatoms. The lowest BCUT2D eigenvalue weighted by molar-refractivity contribution is -0.127. The first kappa shape index (κ1) is 15.9. The Morgan fingerprint density at radius 2 is 1.80 bits per heavy atom. The molecule has 1 aromatic rings. The van der Waals surface area contributed by atoms with Gasteiger partial charge in [0.05, 0.1) is 23.7 Å². The third-order valence-corrected chi connectivity index (χ3v) is 3.02. The van der Waals surface area contributed by atoms with E-state index in [4.69, 9.17) is 5.26 Å². The summed E-state index contributed by atoms with van der Waals surface area (Å²) >= 11 is 0. The Balaban J connectivity index is 2.53. The van der Waals surface area contributed by atoms with Gasteiger partial charge in [0.15, 0.2) is 0 Å². The SMILES string of the molecule is CC(F)(F)C(C)(C)NC(=O)CNc1ccc(C#N)cc1. The van der Waals surface area contributed by atoms with Crippen LogP contribution in [0.4, 0.5) is 14.5 Å². The number of carbonyl (C=O) groups excluding carboxylic acids is 1. The fraction of sp³-hybridized carbons (Fsp3) is 0.429. The molecule has 0 aliphatic heterocycles. The van der Waals surface area contributed by atoms with Crippen LogP contribution in [-0.4, -0.2) is 23.9 Å². The van der Waals surface area contributed by atoms with E-state index in [2.05, 4.69) is 10.6 Å². The molecule has 0 fully saturated rings. The van der Waals surface area contributed by atoms with Gasteiger partial charge in [-0.1, -0.05) is 0 Å². The summed E-state index contributed by atoms with van der Waals surface area (Å²) in [5.41, 5.74) is -0.469. The van der Waals surface area contributed by atoms with Gasteiger partial charge >= 0.3 is 0 Å². The first-order chi connectivity index (χ1) is 9.15. The van der Waals surface area contributed by atoms with Gasteiger partial charge in [-0.25, -0.2) is 8.78 Å². The molecule has 1 rings (SSSR count). The van der Waals surface area contributed by atoms with E-state index in [1.165, 1.54) is 13.8 Å². The summed E-state index contributed by atoms with van der Waals surface area (Å²) in [5.74, 6) is -3.54. The lowest BCUT2D eigenvalue weighted by Crippen LogP contribution is -2.56. The molecule has 0 bridgehead atoms. The summed E-state index contributed by atoms with van der Waals surface area (Å²) in [6, 6.07) is 8.47. The second-order valence-corrected chi connectivity index (χ2v) is 5.10.